The van der Waals surface area contributed by atoms with Crippen molar-refractivity contribution in [1.29, 1.82) is 0 Å². The Morgan fingerprint density at radius 3 is 2.82 bits per heavy atom. The van der Waals surface area contributed by atoms with Gasteiger partial charge in [-0.05, 0) is 24.6 Å². The summed E-state index contributed by atoms with van der Waals surface area (Å²) in [6.45, 7) is 3.34. The molecule has 0 unspecified atom stereocenters. The van der Waals surface area contributed by atoms with Crippen LogP contribution in [0.25, 0.3) is 0 Å². The number of rotatable bonds is 4. The number of carbonyl (C=O) groups excluding carboxylic acids is 1. The molecule has 0 saturated heterocycles. The summed E-state index contributed by atoms with van der Waals surface area (Å²) in [7, 11) is 3.29. The maximum absolute atomic E-state index is 12.0. The van der Waals surface area contributed by atoms with Crippen molar-refractivity contribution >= 4 is 5.91 Å². The fraction of sp³-hybridized carbons (Fsp3) is 0.353. The Kier molecular flexibility index (Phi) is 3.79. The molecule has 1 amide bonds. The molecule has 22 heavy (non-hydrogen) atoms. The summed E-state index contributed by atoms with van der Waals surface area (Å²) in [5.74, 6) is 1.59. The molecule has 0 spiro atoms. The van der Waals surface area contributed by atoms with Crippen molar-refractivity contribution in [3.05, 3.63) is 46.8 Å². The van der Waals surface area contributed by atoms with Crippen molar-refractivity contribution in [3.8, 4) is 11.5 Å². The molecule has 0 saturated carbocycles. The van der Waals surface area contributed by atoms with Crippen LogP contribution < -0.4 is 14.8 Å². The SMILES string of the molecule is COc1ccc(Cn2cc(C)c3c2CCNC3=O)c(OC)c1. The summed E-state index contributed by atoms with van der Waals surface area (Å²) in [4.78, 5) is 12.0. The summed E-state index contributed by atoms with van der Waals surface area (Å²) in [5.41, 5.74) is 3.99. The van der Waals surface area contributed by atoms with Crippen LogP contribution in [0.3, 0.4) is 0 Å². The molecule has 116 valence electrons. The van der Waals surface area contributed by atoms with Crippen LogP contribution in [0.2, 0.25) is 0 Å². The predicted octanol–water partition coefficient (Wildman–Crippen LogP) is 2.15. The Bertz CT molecular complexity index is 719. The highest BCUT2D eigenvalue weighted by Gasteiger charge is 2.23. The standard InChI is InChI=1S/C17H20N2O3/c1-11-9-19(14-6-7-18-17(20)16(11)14)10-12-4-5-13(21-2)8-15(12)22-3/h4-5,8-9H,6-7,10H2,1-3H3,(H,18,20). The number of benzene rings is 1. The third-order valence-electron chi connectivity index (χ3n) is 4.09. The van der Waals surface area contributed by atoms with E-state index in [-0.39, 0.29) is 5.91 Å². The van der Waals surface area contributed by atoms with Gasteiger partial charge in [-0.1, -0.05) is 0 Å². The van der Waals surface area contributed by atoms with Crippen LogP contribution in [-0.2, 0) is 13.0 Å². The lowest BCUT2D eigenvalue weighted by Gasteiger charge is -2.17. The fourth-order valence-electron chi connectivity index (χ4n) is 3.02. The average Bonchev–Trinajstić information content (AvgIpc) is 2.85. The molecule has 2 aromatic rings. The monoisotopic (exact) mass is 300 g/mol. The summed E-state index contributed by atoms with van der Waals surface area (Å²) >= 11 is 0. The number of methoxy groups -OCH3 is 2. The van der Waals surface area contributed by atoms with Crippen molar-refractivity contribution in [2.24, 2.45) is 0 Å². The molecular weight excluding hydrogens is 280 g/mol. The van der Waals surface area contributed by atoms with Crippen molar-refractivity contribution < 1.29 is 14.3 Å². The maximum atomic E-state index is 12.0. The van der Waals surface area contributed by atoms with Gasteiger partial charge >= 0.3 is 0 Å². The second-order valence-electron chi connectivity index (χ2n) is 5.45. The molecule has 0 aliphatic carbocycles. The number of nitrogens with zero attached hydrogens (tertiary/aromatic N) is 1. The number of ether oxygens (including phenoxy) is 2. The molecule has 0 atom stereocenters. The number of hydrogen-bond donors (Lipinski definition) is 1. The van der Waals surface area contributed by atoms with E-state index in [2.05, 4.69) is 9.88 Å². The van der Waals surface area contributed by atoms with Gasteiger partial charge in [-0.15, -0.1) is 0 Å². The van der Waals surface area contributed by atoms with Gasteiger partial charge in [0.1, 0.15) is 11.5 Å². The first kappa shape index (κ1) is 14.5. The molecule has 1 N–H and O–H groups in total. The van der Waals surface area contributed by atoms with Gasteiger partial charge in [0.25, 0.3) is 5.91 Å². The lowest BCUT2D eigenvalue weighted by atomic mass is 10.1. The van der Waals surface area contributed by atoms with Crippen molar-refractivity contribution in [1.82, 2.24) is 9.88 Å². The fourth-order valence-corrected chi connectivity index (χ4v) is 3.02. The smallest absolute Gasteiger partial charge is 0.253 e. The quantitative estimate of drug-likeness (QED) is 0.941. The van der Waals surface area contributed by atoms with Gasteiger partial charge in [-0.3, -0.25) is 4.79 Å². The minimum absolute atomic E-state index is 0.0270. The van der Waals surface area contributed by atoms with Crippen molar-refractivity contribution in [3.63, 3.8) is 0 Å². The van der Waals surface area contributed by atoms with Crippen molar-refractivity contribution in [2.45, 2.75) is 19.9 Å². The van der Waals surface area contributed by atoms with Gasteiger partial charge in [0.2, 0.25) is 0 Å². The average molecular weight is 300 g/mol. The summed E-state index contributed by atoms with van der Waals surface area (Å²) in [5, 5.41) is 2.90. The highest BCUT2D eigenvalue weighted by Crippen LogP contribution is 2.27. The third kappa shape index (κ3) is 2.43. The Morgan fingerprint density at radius 2 is 2.09 bits per heavy atom. The second kappa shape index (κ2) is 5.75. The van der Waals surface area contributed by atoms with Crippen LogP contribution in [0.4, 0.5) is 0 Å². The van der Waals surface area contributed by atoms with Gasteiger partial charge in [-0.25, -0.2) is 0 Å². The Balaban J connectivity index is 1.97. The number of fused-ring (bicyclic) bond motifs is 1. The molecule has 1 aromatic heterocycles. The highest BCUT2D eigenvalue weighted by atomic mass is 16.5. The van der Waals surface area contributed by atoms with Crippen LogP contribution in [0, 0.1) is 6.92 Å². The zero-order valence-corrected chi connectivity index (χ0v) is 13.1. The van der Waals surface area contributed by atoms with E-state index < -0.39 is 0 Å². The molecule has 5 heteroatoms. The minimum Gasteiger partial charge on any atom is -0.497 e. The molecule has 0 fully saturated rings. The highest BCUT2D eigenvalue weighted by molar-refractivity contribution is 5.97. The van der Waals surface area contributed by atoms with Gasteiger partial charge < -0.3 is 19.4 Å². The zero-order chi connectivity index (χ0) is 15.7. The molecule has 2 heterocycles. The maximum Gasteiger partial charge on any atom is 0.253 e. The number of hydrogen-bond acceptors (Lipinski definition) is 3. The van der Waals surface area contributed by atoms with E-state index in [0.717, 1.165) is 40.3 Å². The van der Waals surface area contributed by atoms with Gasteiger partial charge in [0, 0.05) is 36.5 Å². The zero-order valence-electron chi connectivity index (χ0n) is 13.1. The molecule has 3 rings (SSSR count). The molecule has 0 bridgehead atoms. The summed E-state index contributed by atoms with van der Waals surface area (Å²) < 4.78 is 12.8. The van der Waals surface area contributed by atoms with Crippen LogP contribution >= 0.6 is 0 Å². The number of nitrogens with one attached hydrogen (secondary N) is 1. The Hall–Kier alpha value is -2.43. The normalized spacial score (nSPS) is 13.5. The van der Waals surface area contributed by atoms with E-state index >= 15 is 0 Å². The topological polar surface area (TPSA) is 52.5 Å². The van der Waals surface area contributed by atoms with Gasteiger partial charge in [0.05, 0.1) is 26.3 Å². The van der Waals surface area contributed by atoms with E-state index in [4.69, 9.17) is 9.47 Å². The lowest BCUT2D eigenvalue weighted by molar-refractivity contribution is 0.0944. The molecule has 0 radical (unpaired) electrons. The molecule has 1 aromatic carbocycles. The number of carbonyl (C=O) groups is 1. The Labute approximate surface area is 129 Å². The van der Waals surface area contributed by atoms with Crippen LogP contribution in [-0.4, -0.2) is 31.2 Å². The third-order valence-corrected chi connectivity index (χ3v) is 4.09. The van der Waals surface area contributed by atoms with Gasteiger partial charge in [-0.2, -0.15) is 0 Å². The predicted molar refractivity (Wildman–Crippen MR) is 83.9 cm³/mol. The van der Waals surface area contributed by atoms with E-state index in [1.54, 1.807) is 14.2 Å². The first-order valence-electron chi connectivity index (χ1n) is 7.31. The minimum atomic E-state index is 0.0270. The molecular formula is C17H20N2O3. The molecule has 1 aliphatic heterocycles. The van der Waals surface area contributed by atoms with E-state index in [0.29, 0.717) is 13.1 Å². The molecule has 1 aliphatic rings. The summed E-state index contributed by atoms with van der Waals surface area (Å²) in [6.07, 6.45) is 2.90. The largest absolute Gasteiger partial charge is 0.497 e. The van der Waals surface area contributed by atoms with E-state index in [1.165, 1.54) is 0 Å². The number of amides is 1. The van der Waals surface area contributed by atoms with E-state index in [9.17, 15) is 4.79 Å². The van der Waals surface area contributed by atoms with Crippen LogP contribution in [0.15, 0.2) is 24.4 Å². The number of aryl methyl sites for hydroxylation is 1. The first-order valence-corrected chi connectivity index (χ1v) is 7.31. The first-order chi connectivity index (χ1) is 10.6. The molecule has 5 nitrogen and oxygen atoms in total. The Morgan fingerprint density at radius 1 is 1.27 bits per heavy atom. The summed E-state index contributed by atoms with van der Waals surface area (Å²) in [6, 6.07) is 5.81. The van der Waals surface area contributed by atoms with E-state index in [1.807, 2.05) is 31.3 Å². The number of aromatic nitrogens is 1. The lowest BCUT2D eigenvalue weighted by Crippen LogP contribution is -2.32. The van der Waals surface area contributed by atoms with Gasteiger partial charge in [0.15, 0.2) is 0 Å². The van der Waals surface area contributed by atoms with Crippen LogP contribution in [0.5, 0.6) is 11.5 Å². The second-order valence-corrected chi connectivity index (χ2v) is 5.45. The van der Waals surface area contributed by atoms with Crippen molar-refractivity contribution in [2.75, 3.05) is 20.8 Å². The van der Waals surface area contributed by atoms with Crippen LogP contribution in [0.1, 0.15) is 27.2 Å².